The Morgan fingerprint density at radius 3 is 2.76 bits per heavy atom. The number of thioether (sulfide) groups is 1. The van der Waals surface area contributed by atoms with Crippen molar-refractivity contribution < 1.29 is 9.53 Å². The molecule has 2 heterocycles. The Hall–Kier alpha value is -3.69. The molecule has 2 aromatic heterocycles. The van der Waals surface area contributed by atoms with Gasteiger partial charge >= 0.3 is 0 Å². The number of ether oxygens (including phenoxy) is 1. The van der Waals surface area contributed by atoms with Crippen LogP contribution in [0.5, 0.6) is 5.75 Å². The summed E-state index contributed by atoms with van der Waals surface area (Å²) < 4.78 is 7.86. The first-order valence-corrected chi connectivity index (χ1v) is 12.3. The molecule has 170 valence electrons. The van der Waals surface area contributed by atoms with Gasteiger partial charge < -0.3 is 10.1 Å². The van der Waals surface area contributed by atoms with E-state index in [1.807, 2.05) is 49.4 Å². The zero-order valence-electron chi connectivity index (χ0n) is 18.4. The number of nitrogens with zero attached hydrogens (tertiary/aromatic N) is 3. The number of fused-ring (bicyclic) bond motifs is 2. The van der Waals surface area contributed by atoms with Crippen molar-refractivity contribution in [2.24, 2.45) is 0 Å². The van der Waals surface area contributed by atoms with E-state index in [2.05, 4.69) is 15.3 Å². The summed E-state index contributed by atoms with van der Waals surface area (Å²) in [6, 6.07) is 20.4. The van der Waals surface area contributed by atoms with Crippen LogP contribution in [-0.2, 0) is 4.79 Å². The molecule has 1 N–H and O–H groups in total. The number of methoxy groups -OCH3 is 1. The van der Waals surface area contributed by atoms with Crippen molar-refractivity contribution in [1.29, 1.82) is 0 Å². The van der Waals surface area contributed by atoms with E-state index in [-0.39, 0.29) is 17.2 Å². The van der Waals surface area contributed by atoms with Gasteiger partial charge in [0.2, 0.25) is 5.91 Å². The Morgan fingerprint density at radius 2 is 1.91 bits per heavy atom. The monoisotopic (exact) mass is 488 g/mol. The molecule has 0 atom stereocenters. The lowest BCUT2D eigenvalue weighted by molar-refractivity contribution is -0.113. The molecule has 7 nitrogen and oxygen atoms in total. The van der Waals surface area contributed by atoms with Crippen LogP contribution in [0.25, 0.3) is 26.8 Å². The largest absolute Gasteiger partial charge is 0.497 e. The summed E-state index contributed by atoms with van der Waals surface area (Å²) in [4.78, 5) is 35.3. The van der Waals surface area contributed by atoms with Crippen molar-refractivity contribution in [2.75, 3.05) is 18.2 Å². The summed E-state index contributed by atoms with van der Waals surface area (Å²) in [7, 11) is 1.57. The van der Waals surface area contributed by atoms with E-state index in [0.717, 1.165) is 15.8 Å². The lowest BCUT2D eigenvalue weighted by atomic mass is 10.2. The van der Waals surface area contributed by atoms with Crippen molar-refractivity contribution >= 4 is 55.3 Å². The molecule has 9 heteroatoms. The maximum atomic E-state index is 13.4. The van der Waals surface area contributed by atoms with Crippen LogP contribution in [0.15, 0.2) is 76.7 Å². The predicted molar refractivity (Wildman–Crippen MR) is 138 cm³/mol. The summed E-state index contributed by atoms with van der Waals surface area (Å²) >= 11 is 2.63. The SMILES string of the molecule is COc1cccc(-n2c(SCC(=O)Nc3nc4ccc(C)cc4s3)nc3ccccc3c2=O)c1. The summed E-state index contributed by atoms with van der Waals surface area (Å²) in [6.07, 6.45) is 0. The summed E-state index contributed by atoms with van der Waals surface area (Å²) in [6.45, 7) is 2.02. The van der Waals surface area contributed by atoms with Gasteiger partial charge in [0, 0.05) is 6.07 Å². The molecule has 5 rings (SSSR count). The lowest BCUT2D eigenvalue weighted by Gasteiger charge is -2.14. The van der Waals surface area contributed by atoms with Crippen molar-refractivity contribution in [3.63, 3.8) is 0 Å². The Bertz CT molecular complexity index is 1590. The van der Waals surface area contributed by atoms with Crippen molar-refractivity contribution in [3.8, 4) is 11.4 Å². The van der Waals surface area contributed by atoms with Crippen LogP contribution in [0.2, 0.25) is 0 Å². The first kappa shape index (κ1) is 22.1. The van der Waals surface area contributed by atoms with Crippen LogP contribution >= 0.6 is 23.1 Å². The van der Waals surface area contributed by atoms with Gasteiger partial charge in [-0.15, -0.1) is 0 Å². The van der Waals surface area contributed by atoms with Crippen LogP contribution in [0.4, 0.5) is 5.13 Å². The number of para-hydroxylation sites is 1. The zero-order valence-corrected chi connectivity index (χ0v) is 20.1. The van der Waals surface area contributed by atoms with Gasteiger partial charge in [0.1, 0.15) is 5.75 Å². The van der Waals surface area contributed by atoms with Crippen molar-refractivity contribution in [1.82, 2.24) is 14.5 Å². The van der Waals surface area contributed by atoms with Crippen LogP contribution in [0.3, 0.4) is 0 Å². The average molecular weight is 489 g/mol. The van der Waals surface area contributed by atoms with E-state index in [1.54, 1.807) is 31.4 Å². The Kier molecular flexibility index (Phi) is 6.04. The third-order valence-corrected chi connectivity index (χ3v) is 7.05. The summed E-state index contributed by atoms with van der Waals surface area (Å²) in [5.41, 5.74) is 2.98. The molecular formula is C25H20N4O3S2. The Morgan fingerprint density at radius 1 is 1.06 bits per heavy atom. The lowest BCUT2D eigenvalue weighted by Crippen LogP contribution is -2.23. The second kappa shape index (κ2) is 9.28. The van der Waals surface area contributed by atoms with Crippen LogP contribution in [-0.4, -0.2) is 33.3 Å². The number of thiazole rings is 1. The number of rotatable bonds is 6. The van der Waals surface area contributed by atoms with Gasteiger partial charge in [0.25, 0.3) is 5.56 Å². The number of amides is 1. The Labute approximate surface area is 203 Å². The van der Waals surface area contributed by atoms with E-state index in [0.29, 0.717) is 32.6 Å². The third-order valence-electron chi connectivity index (χ3n) is 5.18. The number of benzene rings is 3. The molecule has 0 fully saturated rings. The topological polar surface area (TPSA) is 86.1 Å². The molecule has 1 amide bonds. The van der Waals surface area contributed by atoms with Gasteiger partial charge in [-0.25, -0.2) is 9.97 Å². The average Bonchev–Trinajstić information content (AvgIpc) is 3.24. The second-order valence-electron chi connectivity index (χ2n) is 7.58. The van der Waals surface area contributed by atoms with Crippen LogP contribution in [0.1, 0.15) is 5.56 Å². The minimum Gasteiger partial charge on any atom is -0.497 e. The molecule has 0 aliphatic carbocycles. The first-order chi connectivity index (χ1) is 16.5. The predicted octanol–water partition coefficient (Wildman–Crippen LogP) is 5.04. The smallest absolute Gasteiger partial charge is 0.266 e. The molecule has 0 aliphatic heterocycles. The van der Waals surface area contributed by atoms with E-state index in [1.165, 1.54) is 27.7 Å². The molecule has 0 unspecified atom stereocenters. The highest BCUT2D eigenvalue weighted by Crippen LogP contribution is 2.28. The van der Waals surface area contributed by atoms with Crippen molar-refractivity contribution in [3.05, 3.63) is 82.6 Å². The number of aryl methyl sites for hydroxylation is 1. The van der Waals surface area contributed by atoms with E-state index >= 15 is 0 Å². The number of hydrogen-bond acceptors (Lipinski definition) is 7. The molecule has 0 spiro atoms. The second-order valence-corrected chi connectivity index (χ2v) is 9.55. The minimum absolute atomic E-state index is 0.0731. The van der Waals surface area contributed by atoms with Gasteiger partial charge in [-0.2, -0.15) is 0 Å². The highest BCUT2D eigenvalue weighted by Gasteiger charge is 2.16. The van der Waals surface area contributed by atoms with Crippen molar-refractivity contribution in [2.45, 2.75) is 12.1 Å². The maximum Gasteiger partial charge on any atom is 0.266 e. The molecule has 34 heavy (non-hydrogen) atoms. The van der Waals surface area contributed by atoms with Crippen LogP contribution < -0.4 is 15.6 Å². The molecule has 0 saturated carbocycles. The molecule has 5 aromatic rings. The van der Waals surface area contributed by atoms with Gasteiger partial charge in [0.15, 0.2) is 10.3 Å². The van der Waals surface area contributed by atoms with E-state index in [9.17, 15) is 9.59 Å². The molecule has 3 aromatic carbocycles. The number of anilines is 1. The van der Waals surface area contributed by atoms with Gasteiger partial charge in [-0.3, -0.25) is 14.2 Å². The maximum absolute atomic E-state index is 13.4. The zero-order chi connectivity index (χ0) is 23.7. The first-order valence-electron chi connectivity index (χ1n) is 10.5. The van der Waals surface area contributed by atoms with E-state index < -0.39 is 0 Å². The van der Waals surface area contributed by atoms with Crippen LogP contribution in [0, 0.1) is 6.92 Å². The fraction of sp³-hybridized carbons (Fsp3) is 0.120. The number of nitrogens with one attached hydrogen (secondary N) is 1. The molecular weight excluding hydrogens is 468 g/mol. The number of carbonyl (C=O) groups is 1. The highest BCUT2D eigenvalue weighted by atomic mass is 32.2. The van der Waals surface area contributed by atoms with Gasteiger partial charge in [-0.05, 0) is 48.9 Å². The highest BCUT2D eigenvalue weighted by molar-refractivity contribution is 7.99. The van der Waals surface area contributed by atoms with Gasteiger partial charge in [0.05, 0.1) is 39.7 Å². The summed E-state index contributed by atoms with van der Waals surface area (Å²) in [5, 5.41) is 4.33. The fourth-order valence-electron chi connectivity index (χ4n) is 3.56. The number of aromatic nitrogens is 3. The third kappa shape index (κ3) is 4.40. The Balaban J connectivity index is 1.45. The molecule has 0 radical (unpaired) electrons. The molecule has 0 bridgehead atoms. The minimum atomic E-state index is -0.222. The standard InChI is InChI=1S/C25H20N4O3S2/c1-15-10-11-20-21(12-15)34-24(26-20)28-22(30)14-33-25-27-19-9-4-3-8-18(19)23(31)29(25)16-6-5-7-17(13-16)32-2/h3-13H,14H2,1-2H3,(H,26,28,30). The van der Waals surface area contributed by atoms with Gasteiger partial charge in [-0.1, -0.05) is 47.4 Å². The fourth-order valence-corrected chi connectivity index (χ4v) is 5.35. The molecule has 0 aliphatic rings. The number of hydrogen-bond donors (Lipinski definition) is 1. The molecule has 0 saturated heterocycles. The van der Waals surface area contributed by atoms with E-state index in [4.69, 9.17) is 4.74 Å². The quantitative estimate of drug-likeness (QED) is 0.266. The normalized spacial score (nSPS) is 11.1. The number of carbonyl (C=O) groups excluding carboxylic acids is 1. The summed E-state index contributed by atoms with van der Waals surface area (Å²) in [5.74, 6) is 0.474.